The van der Waals surface area contributed by atoms with Gasteiger partial charge in [0.15, 0.2) is 10.6 Å². The van der Waals surface area contributed by atoms with E-state index in [1.165, 1.54) is 12.8 Å². The lowest BCUT2D eigenvalue weighted by molar-refractivity contribution is 0.735. The van der Waals surface area contributed by atoms with Crippen molar-refractivity contribution in [3.05, 3.63) is 34.1 Å². The first-order valence-electron chi connectivity index (χ1n) is 5.18. The van der Waals surface area contributed by atoms with Crippen molar-refractivity contribution in [1.29, 1.82) is 0 Å². The molecule has 3 nitrogen and oxygen atoms in total. The van der Waals surface area contributed by atoms with Crippen LogP contribution in [0.3, 0.4) is 0 Å². The lowest BCUT2D eigenvalue weighted by atomic mass is 10.2. The summed E-state index contributed by atoms with van der Waals surface area (Å²) in [5, 5.41) is 7.87. The van der Waals surface area contributed by atoms with E-state index in [-0.39, 0.29) is 0 Å². The Bertz CT molecular complexity index is 566. The summed E-state index contributed by atoms with van der Waals surface area (Å²) in [6, 6.07) is 8.19. The minimum absolute atomic E-state index is 0.525. The van der Waals surface area contributed by atoms with Gasteiger partial charge in [-0.05, 0) is 49.3 Å². The maximum atomic E-state index is 5.86. The third kappa shape index (κ3) is 1.68. The zero-order valence-electron chi connectivity index (χ0n) is 8.48. The molecule has 3 rings (SSSR count). The summed E-state index contributed by atoms with van der Waals surface area (Å²) in [7, 11) is 0. The van der Waals surface area contributed by atoms with Gasteiger partial charge in [-0.15, -0.1) is 0 Å². The number of aromatic amines is 1. The summed E-state index contributed by atoms with van der Waals surface area (Å²) >= 11 is 11.1. The molecular weight excluding hydrogens is 242 g/mol. The summed E-state index contributed by atoms with van der Waals surface area (Å²) in [6.07, 6.45) is 2.38. The first kappa shape index (κ1) is 10.1. The zero-order valence-corrected chi connectivity index (χ0v) is 10.1. The maximum Gasteiger partial charge on any atom is 0.195 e. The molecule has 0 amide bonds. The van der Waals surface area contributed by atoms with E-state index >= 15 is 0 Å². The highest BCUT2D eigenvalue weighted by Gasteiger charge is 2.27. The fourth-order valence-corrected chi connectivity index (χ4v) is 2.19. The Labute approximate surface area is 103 Å². The topological polar surface area (TPSA) is 33.6 Å². The van der Waals surface area contributed by atoms with Crippen LogP contribution < -0.4 is 0 Å². The van der Waals surface area contributed by atoms with Crippen molar-refractivity contribution < 1.29 is 0 Å². The second kappa shape index (κ2) is 3.71. The van der Waals surface area contributed by atoms with Crippen LogP contribution in [-0.4, -0.2) is 14.8 Å². The third-order valence-corrected chi connectivity index (χ3v) is 3.26. The SMILES string of the molecule is S=c1[nH]nc(-c2ccc(Cl)cc2)n1C1CC1. The molecule has 1 saturated carbocycles. The highest BCUT2D eigenvalue weighted by molar-refractivity contribution is 7.71. The van der Waals surface area contributed by atoms with E-state index in [9.17, 15) is 0 Å². The van der Waals surface area contributed by atoms with Gasteiger partial charge in [0.2, 0.25) is 0 Å². The van der Waals surface area contributed by atoms with Gasteiger partial charge in [-0.25, -0.2) is 0 Å². The van der Waals surface area contributed by atoms with Crippen LogP contribution in [0.2, 0.25) is 5.02 Å². The number of nitrogens with one attached hydrogen (secondary N) is 1. The van der Waals surface area contributed by atoms with Crippen molar-refractivity contribution in [3.63, 3.8) is 0 Å². The van der Waals surface area contributed by atoms with Crippen LogP contribution in [0, 0.1) is 4.77 Å². The van der Waals surface area contributed by atoms with E-state index < -0.39 is 0 Å². The van der Waals surface area contributed by atoms with Gasteiger partial charge in [-0.1, -0.05) is 11.6 Å². The quantitative estimate of drug-likeness (QED) is 0.828. The average molecular weight is 252 g/mol. The van der Waals surface area contributed by atoms with Gasteiger partial charge in [0.05, 0.1) is 0 Å². The number of benzene rings is 1. The fraction of sp³-hybridized carbons (Fsp3) is 0.273. The van der Waals surface area contributed by atoms with Crippen molar-refractivity contribution >= 4 is 23.8 Å². The van der Waals surface area contributed by atoms with Crippen molar-refractivity contribution in [2.24, 2.45) is 0 Å². The van der Waals surface area contributed by atoms with E-state index in [4.69, 9.17) is 23.8 Å². The molecule has 5 heteroatoms. The van der Waals surface area contributed by atoms with Crippen LogP contribution in [0.25, 0.3) is 11.4 Å². The van der Waals surface area contributed by atoms with Crippen LogP contribution in [0.5, 0.6) is 0 Å². The number of aromatic nitrogens is 3. The molecule has 1 aromatic carbocycles. The van der Waals surface area contributed by atoms with Crippen molar-refractivity contribution in [2.45, 2.75) is 18.9 Å². The molecule has 0 atom stereocenters. The fourth-order valence-electron chi connectivity index (χ4n) is 1.78. The Kier molecular flexibility index (Phi) is 2.33. The molecular formula is C11H10ClN3S. The Morgan fingerprint density at radius 3 is 2.62 bits per heavy atom. The number of halogens is 1. The van der Waals surface area contributed by atoms with Gasteiger partial charge >= 0.3 is 0 Å². The molecule has 16 heavy (non-hydrogen) atoms. The number of hydrogen-bond donors (Lipinski definition) is 1. The van der Waals surface area contributed by atoms with Crippen LogP contribution in [0.15, 0.2) is 24.3 Å². The number of nitrogens with zero attached hydrogens (tertiary/aromatic N) is 2. The molecule has 2 aromatic rings. The lowest BCUT2D eigenvalue weighted by Crippen LogP contribution is -1.97. The minimum atomic E-state index is 0.525. The summed E-state index contributed by atoms with van der Waals surface area (Å²) < 4.78 is 2.80. The van der Waals surface area contributed by atoms with Gasteiger partial charge in [0, 0.05) is 16.6 Å². The van der Waals surface area contributed by atoms with Gasteiger partial charge < -0.3 is 0 Å². The molecule has 1 aliphatic rings. The molecule has 82 valence electrons. The number of hydrogen-bond acceptors (Lipinski definition) is 2. The monoisotopic (exact) mass is 251 g/mol. The van der Waals surface area contributed by atoms with E-state index in [1.54, 1.807) is 0 Å². The van der Waals surface area contributed by atoms with Gasteiger partial charge in [0.1, 0.15) is 0 Å². The van der Waals surface area contributed by atoms with Crippen LogP contribution in [0.1, 0.15) is 18.9 Å². The molecule has 1 fully saturated rings. The predicted molar refractivity (Wildman–Crippen MR) is 66.1 cm³/mol. The summed E-state index contributed by atoms with van der Waals surface area (Å²) in [4.78, 5) is 0. The van der Waals surface area contributed by atoms with Crippen LogP contribution in [-0.2, 0) is 0 Å². The largest absolute Gasteiger partial charge is 0.297 e. The Balaban J connectivity index is 2.12. The molecule has 0 saturated heterocycles. The van der Waals surface area contributed by atoms with Gasteiger partial charge in [-0.2, -0.15) is 5.10 Å². The van der Waals surface area contributed by atoms with E-state index in [0.29, 0.717) is 10.8 Å². The van der Waals surface area contributed by atoms with E-state index in [2.05, 4.69) is 14.8 Å². The first-order valence-corrected chi connectivity index (χ1v) is 5.97. The average Bonchev–Trinajstić information content (AvgIpc) is 3.04. The summed E-state index contributed by atoms with van der Waals surface area (Å²) in [5.41, 5.74) is 1.05. The first-order chi connectivity index (χ1) is 7.75. The summed E-state index contributed by atoms with van der Waals surface area (Å²) in [5.74, 6) is 0.907. The molecule has 0 bridgehead atoms. The highest BCUT2D eigenvalue weighted by Crippen LogP contribution is 2.38. The van der Waals surface area contributed by atoms with Crippen molar-refractivity contribution in [2.75, 3.05) is 0 Å². The standard InChI is InChI=1S/C11H10ClN3S/c12-8-3-1-7(2-4-8)10-13-14-11(16)15(10)9-5-6-9/h1-4,9H,5-6H2,(H,14,16). The molecule has 1 N–H and O–H groups in total. The Hall–Kier alpha value is -1.13. The van der Waals surface area contributed by atoms with Gasteiger partial charge in [0.25, 0.3) is 0 Å². The van der Waals surface area contributed by atoms with Crippen molar-refractivity contribution in [3.8, 4) is 11.4 Å². The molecule has 1 aliphatic carbocycles. The molecule has 1 aromatic heterocycles. The Morgan fingerprint density at radius 2 is 2.00 bits per heavy atom. The Morgan fingerprint density at radius 1 is 1.31 bits per heavy atom. The zero-order chi connectivity index (χ0) is 11.1. The van der Waals surface area contributed by atoms with Crippen molar-refractivity contribution in [1.82, 2.24) is 14.8 Å². The minimum Gasteiger partial charge on any atom is -0.297 e. The lowest BCUT2D eigenvalue weighted by Gasteiger charge is -2.04. The third-order valence-electron chi connectivity index (χ3n) is 2.72. The predicted octanol–water partition coefficient (Wildman–Crippen LogP) is 3.60. The molecule has 0 spiro atoms. The number of H-pyrrole nitrogens is 1. The van der Waals surface area contributed by atoms with E-state index in [1.807, 2.05) is 24.3 Å². The molecule has 0 radical (unpaired) electrons. The van der Waals surface area contributed by atoms with Crippen LogP contribution >= 0.6 is 23.8 Å². The maximum absolute atomic E-state index is 5.86. The highest BCUT2D eigenvalue weighted by atomic mass is 35.5. The molecule has 1 heterocycles. The normalized spacial score (nSPS) is 15.3. The second-order valence-corrected chi connectivity index (χ2v) is 4.78. The summed E-state index contributed by atoms with van der Waals surface area (Å²) in [6.45, 7) is 0. The smallest absolute Gasteiger partial charge is 0.195 e. The molecule has 0 unspecified atom stereocenters. The molecule has 0 aliphatic heterocycles. The van der Waals surface area contributed by atoms with Gasteiger partial charge in [-0.3, -0.25) is 9.67 Å². The second-order valence-electron chi connectivity index (χ2n) is 3.96. The van der Waals surface area contributed by atoms with E-state index in [0.717, 1.165) is 16.4 Å². The number of rotatable bonds is 2. The van der Waals surface area contributed by atoms with Crippen LogP contribution in [0.4, 0.5) is 0 Å².